The third kappa shape index (κ3) is 6.16. The first-order valence-electron chi connectivity index (χ1n) is 6.37. The predicted octanol–water partition coefficient (Wildman–Crippen LogP) is 2.86. The number of hydrogen-bond donors (Lipinski definition) is 1. The first-order chi connectivity index (χ1) is 9.31. The Labute approximate surface area is 123 Å². The van der Waals surface area contributed by atoms with Gasteiger partial charge in [0.2, 0.25) is 0 Å². The smallest absolute Gasteiger partial charge is 0.407 e. The van der Waals surface area contributed by atoms with Crippen LogP contribution in [0.4, 0.5) is 4.79 Å². The quantitative estimate of drug-likeness (QED) is 0.820. The molecule has 1 amide bonds. The lowest BCUT2D eigenvalue weighted by atomic mass is 10.1. The van der Waals surface area contributed by atoms with Crippen molar-refractivity contribution in [2.45, 2.75) is 38.8 Å². The van der Waals surface area contributed by atoms with Gasteiger partial charge in [0.15, 0.2) is 5.78 Å². The van der Waals surface area contributed by atoms with Gasteiger partial charge in [-0.1, -0.05) is 6.07 Å². The van der Waals surface area contributed by atoms with Crippen molar-refractivity contribution in [2.24, 2.45) is 0 Å². The van der Waals surface area contributed by atoms with E-state index in [1.165, 1.54) is 18.4 Å². The molecule has 1 rings (SSSR count). The molecule has 1 N–H and O–H groups in total. The standard InChI is InChI=1S/C14H21NO4S/c1-14(2,3)19-13(17)15-10(9-18-4)8-11(16)12-6-5-7-20-12/h5-7,10H,8-9H2,1-4H3,(H,15,17). The Morgan fingerprint density at radius 1 is 1.40 bits per heavy atom. The lowest BCUT2D eigenvalue weighted by molar-refractivity contribution is 0.0464. The molecule has 0 aromatic carbocycles. The molecule has 5 nitrogen and oxygen atoms in total. The summed E-state index contributed by atoms with van der Waals surface area (Å²) in [5.74, 6) is -0.0156. The molecule has 1 heterocycles. The van der Waals surface area contributed by atoms with Crippen LogP contribution in [0.5, 0.6) is 0 Å². The summed E-state index contributed by atoms with van der Waals surface area (Å²) < 4.78 is 10.2. The van der Waals surface area contributed by atoms with Gasteiger partial charge in [-0.3, -0.25) is 4.79 Å². The van der Waals surface area contributed by atoms with E-state index in [2.05, 4.69) is 5.32 Å². The Bertz CT molecular complexity index is 437. The largest absolute Gasteiger partial charge is 0.444 e. The highest BCUT2D eigenvalue weighted by Gasteiger charge is 2.22. The highest BCUT2D eigenvalue weighted by Crippen LogP contribution is 2.13. The SMILES string of the molecule is COCC(CC(=O)c1cccs1)NC(=O)OC(C)(C)C. The molecule has 0 aliphatic carbocycles. The molecule has 1 atom stereocenters. The first kappa shape index (κ1) is 16.7. The van der Waals surface area contributed by atoms with Crippen LogP contribution in [0, 0.1) is 0 Å². The number of thiophene rings is 1. The second kappa shape index (κ2) is 7.40. The van der Waals surface area contributed by atoms with Gasteiger partial charge in [0.25, 0.3) is 0 Å². The van der Waals surface area contributed by atoms with Gasteiger partial charge < -0.3 is 14.8 Å². The number of alkyl carbamates (subject to hydrolysis) is 1. The summed E-state index contributed by atoms with van der Waals surface area (Å²) in [7, 11) is 1.53. The summed E-state index contributed by atoms with van der Waals surface area (Å²) in [6, 6.07) is 3.19. The number of Topliss-reactive ketones (excluding diaryl/α,β-unsaturated/α-hetero) is 1. The molecule has 20 heavy (non-hydrogen) atoms. The first-order valence-corrected chi connectivity index (χ1v) is 7.25. The molecular weight excluding hydrogens is 278 g/mol. The Hall–Kier alpha value is -1.40. The molecule has 0 aliphatic heterocycles. The van der Waals surface area contributed by atoms with Crippen LogP contribution in [-0.4, -0.2) is 37.2 Å². The normalized spacial score (nSPS) is 12.8. The van der Waals surface area contributed by atoms with E-state index in [9.17, 15) is 9.59 Å². The van der Waals surface area contributed by atoms with E-state index < -0.39 is 17.7 Å². The number of carbonyl (C=O) groups is 2. The number of amides is 1. The van der Waals surface area contributed by atoms with Gasteiger partial charge in [-0.05, 0) is 32.2 Å². The van der Waals surface area contributed by atoms with Crippen LogP contribution in [0.25, 0.3) is 0 Å². The fraction of sp³-hybridized carbons (Fsp3) is 0.571. The lowest BCUT2D eigenvalue weighted by Gasteiger charge is -2.23. The van der Waals surface area contributed by atoms with Crippen LogP contribution in [0.1, 0.15) is 36.9 Å². The molecule has 0 saturated heterocycles. The highest BCUT2D eigenvalue weighted by atomic mass is 32.1. The average Bonchev–Trinajstić information content (AvgIpc) is 2.79. The molecule has 0 fully saturated rings. The Kier molecular flexibility index (Phi) is 6.16. The molecule has 6 heteroatoms. The van der Waals surface area contributed by atoms with Crippen molar-refractivity contribution in [1.29, 1.82) is 0 Å². The second-order valence-corrected chi connectivity index (χ2v) is 6.35. The molecular formula is C14H21NO4S. The van der Waals surface area contributed by atoms with Gasteiger partial charge in [0.1, 0.15) is 5.60 Å². The van der Waals surface area contributed by atoms with Crippen LogP contribution < -0.4 is 5.32 Å². The van der Waals surface area contributed by atoms with Gasteiger partial charge in [-0.15, -0.1) is 11.3 Å². The second-order valence-electron chi connectivity index (χ2n) is 5.40. The summed E-state index contributed by atoms with van der Waals surface area (Å²) in [4.78, 5) is 24.4. The van der Waals surface area contributed by atoms with E-state index >= 15 is 0 Å². The molecule has 0 radical (unpaired) electrons. The summed E-state index contributed by atoms with van der Waals surface area (Å²) in [6.07, 6.45) is -0.355. The van der Waals surface area contributed by atoms with Gasteiger partial charge in [-0.25, -0.2) is 4.79 Å². The third-order valence-electron chi connectivity index (χ3n) is 2.32. The van der Waals surface area contributed by atoms with Crippen molar-refractivity contribution in [3.05, 3.63) is 22.4 Å². The minimum atomic E-state index is -0.570. The van der Waals surface area contributed by atoms with Crippen molar-refractivity contribution in [3.63, 3.8) is 0 Å². The number of carbonyl (C=O) groups excluding carboxylic acids is 2. The van der Waals surface area contributed by atoms with Crippen LogP contribution in [0.15, 0.2) is 17.5 Å². The Morgan fingerprint density at radius 3 is 2.60 bits per heavy atom. The fourth-order valence-electron chi connectivity index (χ4n) is 1.59. The van der Waals surface area contributed by atoms with Gasteiger partial charge in [0, 0.05) is 13.5 Å². The maximum absolute atomic E-state index is 12.0. The third-order valence-corrected chi connectivity index (χ3v) is 3.23. The van der Waals surface area contributed by atoms with Gasteiger partial charge >= 0.3 is 6.09 Å². The zero-order valence-electron chi connectivity index (χ0n) is 12.3. The monoisotopic (exact) mass is 299 g/mol. The number of rotatable bonds is 6. The summed E-state index contributed by atoms with van der Waals surface area (Å²) in [6.45, 7) is 5.62. The average molecular weight is 299 g/mol. The van der Waals surface area contributed by atoms with E-state index in [0.717, 1.165) is 0 Å². The lowest BCUT2D eigenvalue weighted by Crippen LogP contribution is -2.42. The van der Waals surface area contributed by atoms with E-state index in [-0.39, 0.29) is 18.8 Å². The molecule has 0 aliphatic rings. The van der Waals surface area contributed by atoms with Crippen molar-refractivity contribution >= 4 is 23.2 Å². The molecule has 1 unspecified atom stereocenters. The van der Waals surface area contributed by atoms with Crippen molar-refractivity contribution in [1.82, 2.24) is 5.32 Å². The Balaban J connectivity index is 2.56. The topological polar surface area (TPSA) is 64.6 Å². The molecule has 0 spiro atoms. The molecule has 0 saturated carbocycles. The molecule has 0 bridgehead atoms. The van der Waals surface area contributed by atoms with Crippen molar-refractivity contribution in [2.75, 3.05) is 13.7 Å². The summed E-state index contributed by atoms with van der Waals surface area (Å²) in [5.41, 5.74) is -0.570. The molecule has 112 valence electrons. The van der Waals surface area contributed by atoms with E-state index in [1.54, 1.807) is 26.8 Å². The van der Waals surface area contributed by atoms with E-state index in [1.807, 2.05) is 11.4 Å². The van der Waals surface area contributed by atoms with Crippen LogP contribution in [0.3, 0.4) is 0 Å². The number of ketones is 1. The molecule has 1 aromatic heterocycles. The van der Waals surface area contributed by atoms with Gasteiger partial charge in [-0.2, -0.15) is 0 Å². The number of nitrogens with one attached hydrogen (secondary N) is 1. The maximum atomic E-state index is 12.0. The molecule has 1 aromatic rings. The fourth-order valence-corrected chi connectivity index (χ4v) is 2.26. The highest BCUT2D eigenvalue weighted by molar-refractivity contribution is 7.12. The van der Waals surface area contributed by atoms with Crippen molar-refractivity contribution in [3.8, 4) is 0 Å². The van der Waals surface area contributed by atoms with E-state index in [0.29, 0.717) is 4.88 Å². The number of hydrogen-bond acceptors (Lipinski definition) is 5. The minimum absolute atomic E-state index is 0.0156. The minimum Gasteiger partial charge on any atom is -0.444 e. The summed E-state index contributed by atoms with van der Waals surface area (Å²) >= 11 is 1.39. The predicted molar refractivity (Wildman–Crippen MR) is 78.3 cm³/mol. The van der Waals surface area contributed by atoms with Crippen molar-refractivity contribution < 1.29 is 19.1 Å². The zero-order valence-corrected chi connectivity index (χ0v) is 13.1. The van der Waals surface area contributed by atoms with E-state index in [4.69, 9.17) is 9.47 Å². The van der Waals surface area contributed by atoms with Crippen LogP contribution >= 0.6 is 11.3 Å². The maximum Gasteiger partial charge on any atom is 0.407 e. The van der Waals surface area contributed by atoms with Gasteiger partial charge in [0.05, 0.1) is 17.5 Å². The summed E-state index contributed by atoms with van der Waals surface area (Å²) in [5, 5.41) is 4.51. The zero-order chi connectivity index (χ0) is 15.2. The van der Waals surface area contributed by atoms with Crippen LogP contribution in [0.2, 0.25) is 0 Å². The number of methoxy groups -OCH3 is 1. The Morgan fingerprint density at radius 2 is 2.10 bits per heavy atom. The number of ether oxygens (including phenoxy) is 2. The van der Waals surface area contributed by atoms with Crippen LogP contribution in [-0.2, 0) is 9.47 Å².